The van der Waals surface area contributed by atoms with Crippen LogP contribution < -0.4 is 10.6 Å². The van der Waals surface area contributed by atoms with Crippen molar-refractivity contribution in [3.8, 4) is 0 Å². The molecule has 0 aromatic carbocycles. The minimum Gasteiger partial charge on any atom is -0.460 e. The molecule has 0 saturated heterocycles. The molecule has 128 valence electrons. The largest absolute Gasteiger partial charge is 0.500 e. The van der Waals surface area contributed by atoms with Crippen molar-refractivity contribution >= 4 is 20.8 Å². The van der Waals surface area contributed by atoms with Crippen LogP contribution in [0.4, 0.5) is 4.79 Å². The van der Waals surface area contributed by atoms with E-state index in [4.69, 9.17) is 18.0 Å². The number of hydrogen-bond acceptors (Lipinski definition) is 6. The number of amides is 2. The van der Waals surface area contributed by atoms with E-state index in [1.807, 2.05) is 0 Å². The Morgan fingerprint density at radius 3 is 2.09 bits per heavy atom. The third-order valence-corrected chi connectivity index (χ3v) is 5.68. The summed E-state index contributed by atoms with van der Waals surface area (Å²) in [5.41, 5.74) is 0.325. The van der Waals surface area contributed by atoms with Gasteiger partial charge in [0.05, 0.1) is 6.54 Å². The summed E-state index contributed by atoms with van der Waals surface area (Å²) in [6.45, 7) is 5.82. The van der Waals surface area contributed by atoms with E-state index in [2.05, 4.69) is 17.2 Å². The van der Waals surface area contributed by atoms with Crippen molar-refractivity contribution in [2.75, 3.05) is 41.0 Å². The van der Waals surface area contributed by atoms with E-state index < -0.39 is 14.8 Å². The van der Waals surface area contributed by atoms with Crippen LogP contribution in [0, 0.1) is 0 Å². The van der Waals surface area contributed by atoms with Gasteiger partial charge in [-0.1, -0.05) is 6.58 Å². The van der Waals surface area contributed by atoms with Gasteiger partial charge in [0, 0.05) is 39.5 Å². The minimum atomic E-state index is -2.58. The lowest BCUT2D eigenvalue weighted by molar-refractivity contribution is -0.138. The first-order valence-electron chi connectivity index (χ1n) is 6.90. The highest BCUT2D eigenvalue weighted by molar-refractivity contribution is 6.60. The maximum Gasteiger partial charge on any atom is 0.500 e. The molecule has 0 aliphatic rings. The Kier molecular flexibility index (Phi) is 10.5. The zero-order valence-electron chi connectivity index (χ0n) is 13.7. The Balaban J connectivity index is 3.74. The van der Waals surface area contributed by atoms with E-state index >= 15 is 0 Å². The predicted molar refractivity (Wildman–Crippen MR) is 83.4 cm³/mol. The first-order valence-corrected chi connectivity index (χ1v) is 8.83. The fraction of sp³-hybridized carbons (Fsp3) is 0.692. The van der Waals surface area contributed by atoms with Crippen molar-refractivity contribution in [3.63, 3.8) is 0 Å². The highest BCUT2D eigenvalue weighted by Gasteiger charge is 2.36. The number of rotatable bonds is 11. The lowest BCUT2D eigenvalue weighted by atomic mass is 10.4. The van der Waals surface area contributed by atoms with Crippen LogP contribution in [0.3, 0.4) is 0 Å². The second-order valence-corrected chi connectivity index (χ2v) is 7.59. The maximum absolute atomic E-state index is 11.5. The van der Waals surface area contributed by atoms with E-state index in [0.29, 0.717) is 24.6 Å². The number of carbonyl (C=O) groups is 2. The standard InChI is InChI=1S/C13H26N2O6Si/c1-11(2)12(16)21-9-8-15-13(17)14-7-6-10-22(18-3,19-4)20-5/h1,6-10H2,2-5H3,(H2,14,15,17). The first-order chi connectivity index (χ1) is 10.4. The normalized spacial score (nSPS) is 10.9. The smallest absolute Gasteiger partial charge is 0.460 e. The van der Waals surface area contributed by atoms with Gasteiger partial charge in [0.15, 0.2) is 0 Å². The fourth-order valence-electron chi connectivity index (χ4n) is 1.56. The van der Waals surface area contributed by atoms with Crippen molar-refractivity contribution in [2.24, 2.45) is 0 Å². The van der Waals surface area contributed by atoms with Gasteiger partial charge in [-0.2, -0.15) is 0 Å². The van der Waals surface area contributed by atoms with Crippen molar-refractivity contribution in [3.05, 3.63) is 12.2 Å². The molecule has 0 aliphatic carbocycles. The molecule has 0 atom stereocenters. The van der Waals surface area contributed by atoms with Crippen LogP contribution in [0.25, 0.3) is 0 Å². The number of urea groups is 1. The highest BCUT2D eigenvalue weighted by Crippen LogP contribution is 2.14. The van der Waals surface area contributed by atoms with Gasteiger partial charge < -0.3 is 28.6 Å². The summed E-state index contributed by atoms with van der Waals surface area (Å²) in [6, 6.07) is 0.276. The van der Waals surface area contributed by atoms with Gasteiger partial charge in [-0.25, -0.2) is 9.59 Å². The van der Waals surface area contributed by atoms with Crippen LogP contribution in [0.5, 0.6) is 0 Å². The number of hydrogen-bond donors (Lipinski definition) is 2. The van der Waals surface area contributed by atoms with Gasteiger partial charge in [0.1, 0.15) is 6.61 Å². The third-order valence-electron chi connectivity index (χ3n) is 2.85. The summed E-state index contributed by atoms with van der Waals surface area (Å²) in [5.74, 6) is -0.470. The summed E-state index contributed by atoms with van der Waals surface area (Å²) in [5, 5.41) is 5.26. The summed E-state index contributed by atoms with van der Waals surface area (Å²) in [6.07, 6.45) is 0.666. The van der Waals surface area contributed by atoms with Crippen molar-refractivity contribution in [2.45, 2.75) is 19.4 Å². The molecule has 2 amide bonds. The van der Waals surface area contributed by atoms with E-state index in [0.717, 1.165) is 0 Å². The first kappa shape index (κ1) is 20.6. The monoisotopic (exact) mass is 334 g/mol. The van der Waals surface area contributed by atoms with Crippen LogP contribution in [-0.4, -0.2) is 61.8 Å². The average Bonchev–Trinajstić information content (AvgIpc) is 2.52. The Hall–Kier alpha value is -1.42. The van der Waals surface area contributed by atoms with Gasteiger partial charge in [0.2, 0.25) is 0 Å². The van der Waals surface area contributed by atoms with Crippen LogP contribution in [0.2, 0.25) is 6.04 Å². The summed E-state index contributed by atoms with van der Waals surface area (Å²) >= 11 is 0. The van der Waals surface area contributed by atoms with Gasteiger partial charge >= 0.3 is 20.8 Å². The second kappa shape index (κ2) is 11.2. The molecule has 0 unspecified atom stereocenters. The van der Waals surface area contributed by atoms with Crippen LogP contribution in [-0.2, 0) is 22.8 Å². The molecule has 0 radical (unpaired) electrons. The van der Waals surface area contributed by atoms with Gasteiger partial charge in [-0.05, 0) is 13.3 Å². The topological polar surface area (TPSA) is 95.1 Å². The Bertz CT molecular complexity index is 365. The minimum absolute atomic E-state index is 0.103. The number of esters is 1. The second-order valence-electron chi connectivity index (χ2n) is 4.50. The lowest BCUT2D eigenvalue weighted by Crippen LogP contribution is -2.44. The average molecular weight is 334 g/mol. The molecule has 0 aliphatic heterocycles. The summed E-state index contributed by atoms with van der Waals surface area (Å²) < 4.78 is 20.7. The van der Waals surface area contributed by atoms with Crippen molar-refractivity contribution in [1.82, 2.24) is 10.6 Å². The van der Waals surface area contributed by atoms with E-state index in [1.54, 1.807) is 28.3 Å². The molecule has 0 heterocycles. The molecule has 0 bridgehead atoms. The Morgan fingerprint density at radius 1 is 1.05 bits per heavy atom. The summed E-state index contributed by atoms with van der Waals surface area (Å²) in [4.78, 5) is 22.6. The Labute approximate surface area is 132 Å². The molecule has 0 aromatic heterocycles. The fourth-order valence-corrected chi connectivity index (χ4v) is 3.28. The molecular formula is C13H26N2O6Si. The molecule has 0 saturated carbocycles. The molecule has 9 heteroatoms. The molecule has 0 spiro atoms. The number of nitrogens with one attached hydrogen (secondary N) is 2. The predicted octanol–water partition coefficient (Wildman–Crippen LogP) is 0.673. The van der Waals surface area contributed by atoms with Crippen molar-refractivity contribution in [1.29, 1.82) is 0 Å². The van der Waals surface area contributed by atoms with Crippen LogP contribution >= 0.6 is 0 Å². The Morgan fingerprint density at radius 2 is 1.59 bits per heavy atom. The molecule has 8 nitrogen and oxygen atoms in total. The quantitative estimate of drug-likeness (QED) is 0.250. The highest BCUT2D eigenvalue weighted by atomic mass is 28.4. The molecule has 0 fully saturated rings. The van der Waals surface area contributed by atoms with E-state index in [1.165, 1.54) is 0 Å². The van der Waals surface area contributed by atoms with Gasteiger partial charge in [0.25, 0.3) is 0 Å². The number of ether oxygens (including phenoxy) is 1. The van der Waals surface area contributed by atoms with Gasteiger partial charge in [-0.15, -0.1) is 0 Å². The molecule has 2 N–H and O–H groups in total. The zero-order valence-corrected chi connectivity index (χ0v) is 14.7. The molecule has 0 rings (SSSR count). The van der Waals surface area contributed by atoms with Gasteiger partial charge in [-0.3, -0.25) is 0 Å². The zero-order chi connectivity index (χ0) is 17.0. The molecule has 0 aromatic rings. The summed E-state index contributed by atoms with van der Waals surface area (Å²) in [7, 11) is 2.06. The van der Waals surface area contributed by atoms with Crippen LogP contribution in [0.1, 0.15) is 13.3 Å². The van der Waals surface area contributed by atoms with E-state index in [9.17, 15) is 9.59 Å². The molecule has 22 heavy (non-hydrogen) atoms. The third kappa shape index (κ3) is 8.13. The van der Waals surface area contributed by atoms with Crippen LogP contribution in [0.15, 0.2) is 12.2 Å². The maximum atomic E-state index is 11.5. The molecular weight excluding hydrogens is 308 g/mol. The van der Waals surface area contributed by atoms with Crippen molar-refractivity contribution < 1.29 is 27.6 Å². The SMILES string of the molecule is C=C(C)C(=O)OCCNC(=O)NCCC[Si](OC)(OC)OC. The number of carbonyl (C=O) groups excluding carboxylic acids is 2. The lowest BCUT2D eigenvalue weighted by Gasteiger charge is -2.24. The van der Waals surface area contributed by atoms with E-state index in [-0.39, 0.29) is 19.2 Å².